The first-order valence-corrected chi connectivity index (χ1v) is 11.4. The van der Waals surface area contributed by atoms with Crippen LogP contribution in [0.3, 0.4) is 0 Å². The summed E-state index contributed by atoms with van der Waals surface area (Å²) in [6.45, 7) is 4.29. The van der Waals surface area contributed by atoms with E-state index in [-0.39, 0.29) is 0 Å². The second-order valence-electron chi connectivity index (χ2n) is 9.14. The molecule has 10 fully saturated rings. The molecule has 0 amide bonds. The zero-order valence-corrected chi connectivity index (χ0v) is 8.28. The Kier molecular flexibility index (Phi) is 0.0758. The van der Waals surface area contributed by atoms with E-state index in [9.17, 15) is 0 Å². The Labute approximate surface area is 67.5 Å². The zero-order chi connectivity index (χ0) is 7.72. The molecule has 0 bridgehead atoms. The van der Waals surface area contributed by atoms with Crippen molar-refractivity contribution in [3.05, 3.63) is 12.7 Å². The molecule has 10 aliphatic heterocycles. The van der Waals surface area contributed by atoms with Gasteiger partial charge in [0.05, 0.1) is 0 Å². The van der Waals surface area contributed by atoms with E-state index in [1.165, 1.54) is 44.0 Å². The predicted octanol–water partition coefficient (Wildman–Crippen LogP) is 3.93. The third-order valence-electron chi connectivity index (χ3n) is 13.7. The number of allylic oxidation sites excluding steroid dienone is 1. The summed E-state index contributed by atoms with van der Waals surface area (Å²) in [5.74, 6) is 0. The van der Waals surface area contributed by atoms with Gasteiger partial charge in [-0.1, -0.05) is 0 Å². The second kappa shape index (κ2) is 0.246. The minimum atomic E-state index is -2.44. The molecule has 70 valence electrons. The summed E-state index contributed by atoms with van der Waals surface area (Å²) in [4.78, 5) is 13.2. The van der Waals surface area contributed by atoms with Gasteiger partial charge in [-0.25, -0.2) is 0 Å². The van der Waals surface area contributed by atoms with Crippen molar-refractivity contribution in [1.29, 1.82) is 0 Å². The van der Waals surface area contributed by atoms with Gasteiger partial charge in [-0.3, -0.25) is 0 Å². The van der Waals surface area contributed by atoms with Gasteiger partial charge in [0, 0.05) is 0 Å². The quantitative estimate of drug-likeness (QED) is 0.459. The molecule has 0 saturated carbocycles. The van der Waals surface area contributed by atoms with E-state index in [1.54, 1.807) is 0 Å². The maximum atomic E-state index is 4.29. The van der Waals surface area contributed by atoms with Crippen molar-refractivity contribution in [2.45, 2.75) is 48.4 Å². The summed E-state index contributed by atoms with van der Waals surface area (Å²) in [7, 11) is 0. The summed E-state index contributed by atoms with van der Waals surface area (Å²) in [5.41, 5.74) is 0. The van der Waals surface area contributed by atoms with E-state index >= 15 is 0 Å². The molecule has 0 radical (unpaired) electrons. The molecule has 0 aromatic carbocycles. The molecular formula is C12H12Ni. The summed E-state index contributed by atoms with van der Waals surface area (Å²) in [6.07, 6.45) is 0.124. The Morgan fingerprint density at radius 2 is 1.31 bits per heavy atom. The van der Waals surface area contributed by atoms with Crippen LogP contribution in [-0.4, -0.2) is 0 Å². The Bertz CT molecular complexity index is 794. The molecule has 1 heteroatoms. The predicted molar refractivity (Wildman–Crippen MR) is 46.6 cm³/mol. The number of hydrogen-bond acceptors (Lipinski definition) is 0. The van der Waals surface area contributed by atoms with Crippen LogP contribution in [-0.2, 0) is 6.23 Å². The van der Waals surface area contributed by atoms with E-state index in [2.05, 4.69) is 12.7 Å². The fourth-order valence-corrected chi connectivity index (χ4v) is 78.4. The van der Waals surface area contributed by atoms with Crippen LogP contribution in [0.1, 0.15) is 0 Å². The first-order valence-electron chi connectivity index (χ1n) is 5.74. The van der Waals surface area contributed by atoms with Gasteiger partial charge in [0.25, 0.3) is 0 Å². The van der Waals surface area contributed by atoms with Crippen molar-refractivity contribution in [3.63, 3.8) is 0 Å². The van der Waals surface area contributed by atoms with E-state index in [4.69, 9.17) is 0 Å². The number of fused-ring (bicyclic) bond motifs is 10. The van der Waals surface area contributed by atoms with Gasteiger partial charge in [-0.15, -0.1) is 0 Å². The number of hydrogen-bond donors (Lipinski definition) is 0. The van der Waals surface area contributed by atoms with Gasteiger partial charge in [-0.05, 0) is 0 Å². The Hall–Kier alpha value is 0.234. The van der Waals surface area contributed by atoms with Gasteiger partial charge in [-0.2, -0.15) is 0 Å². The van der Waals surface area contributed by atoms with Crippen molar-refractivity contribution in [3.8, 4) is 0 Å². The topological polar surface area (TPSA) is 0 Å². The molecule has 0 aromatic rings. The van der Waals surface area contributed by atoms with E-state index in [0.717, 1.165) is 4.38 Å². The number of rotatable bonds is 1. The van der Waals surface area contributed by atoms with Crippen molar-refractivity contribution in [1.82, 2.24) is 0 Å². The van der Waals surface area contributed by atoms with Gasteiger partial charge >= 0.3 is 67.3 Å². The van der Waals surface area contributed by atoms with Crippen molar-refractivity contribution >= 4 is 0 Å². The molecule has 4 unspecified atom stereocenters. The fourth-order valence-electron chi connectivity index (χ4n) is 15.0. The fraction of sp³-hybridized carbons (Fsp3) is 0.833. The molecular weight excluding hydrogens is 203 g/mol. The standard InChI is InChI=1S/C7H7.C5H5.Ni/c1-2-7-5-3-4-6-7;1-2-4-5-3-1;/h2-6H,1H2;1-5H;. The maximum absolute atomic E-state index is 4.29. The normalized spacial score (nSPS) is 152. The third-order valence-corrected chi connectivity index (χ3v) is 51.7. The molecule has 0 aliphatic carbocycles. The van der Waals surface area contributed by atoms with Crippen LogP contribution in [0.25, 0.3) is 0 Å². The van der Waals surface area contributed by atoms with Crippen molar-refractivity contribution in [2.75, 3.05) is 0 Å². The molecule has 10 aliphatic rings. The second-order valence-corrected chi connectivity index (χ2v) is 30.3. The molecule has 1 spiro atoms. The third kappa shape index (κ3) is 0.0274. The van der Waals surface area contributed by atoms with E-state index in [0.29, 0.717) is 0 Å². The Morgan fingerprint density at radius 1 is 0.846 bits per heavy atom. The van der Waals surface area contributed by atoms with Crippen LogP contribution in [0.5, 0.6) is 0 Å². The molecule has 10 rings (SSSR count). The van der Waals surface area contributed by atoms with Gasteiger partial charge in [0.2, 0.25) is 0 Å². The van der Waals surface area contributed by atoms with E-state index in [1.807, 2.05) is 0 Å². The van der Waals surface area contributed by atoms with Crippen LogP contribution in [0, 0.1) is 0 Å². The van der Waals surface area contributed by atoms with Gasteiger partial charge < -0.3 is 0 Å². The van der Waals surface area contributed by atoms with Gasteiger partial charge in [0.15, 0.2) is 0 Å². The SMILES string of the molecule is C=C[C]12[CH]3[CH]4[CH]5[CH]1[Ni]45321678[CH]2[CH]1[CH]6[CH]7[CH]28. The van der Waals surface area contributed by atoms with E-state index < -0.39 is 6.23 Å². The van der Waals surface area contributed by atoms with Crippen LogP contribution >= 0.6 is 0 Å². The summed E-state index contributed by atoms with van der Waals surface area (Å²) in [6, 6.07) is 0. The molecule has 13 heavy (non-hydrogen) atoms. The minimum absolute atomic E-state index is 0.987. The molecule has 4 atom stereocenters. The van der Waals surface area contributed by atoms with Crippen LogP contribution in [0.4, 0.5) is 0 Å². The summed E-state index contributed by atoms with van der Waals surface area (Å²) in [5, 5.41) is 0. The Morgan fingerprint density at radius 3 is 1.38 bits per heavy atom. The average molecular weight is 215 g/mol. The van der Waals surface area contributed by atoms with Crippen LogP contribution in [0.15, 0.2) is 12.7 Å². The van der Waals surface area contributed by atoms with Crippen molar-refractivity contribution < 1.29 is 6.23 Å². The average Bonchev–Trinajstić information content (AvgIpc) is 3.12. The first-order chi connectivity index (χ1) is 6.11. The molecule has 10 saturated heterocycles. The van der Waals surface area contributed by atoms with Crippen molar-refractivity contribution in [2.24, 2.45) is 0 Å². The first kappa shape index (κ1) is 4.01. The molecule has 0 N–H and O–H groups in total. The van der Waals surface area contributed by atoms with Crippen LogP contribution < -0.4 is 0 Å². The summed E-state index contributed by atoms with van der Waals surface area (Å²) >= 11 is 0. The molecule has 0 aromatic heterocycles. The Balaban J connectivity index is 2.14. The summed E-state index contributed by atoms with van der Waals surface area (Å²) < 4.78 is 0.987. The molecule has 0 nitrogen and oxygen atoms in total. The van der Waals surface area contributed by atoms with Gasteiger partial charge in [0.1, 0.15) is 0 Å². The monoisotopic (exact) mass is 214 g/mol. The molecule has 10 heterocycles. The van der Waals surface area contributed by atoms with Crippen LogP contribution in [0.2, 0.25) is 48.4 Å². The zero-order valence-electron chi connectivity index (χ0n) is 7.30.